The van der Waals surface area contributed by atoms with Crippen molar-refractivity contribution < 1.29 is 4.92 Å². The maximum atomic E-state index is 10.7. The van der Waals surface area contributed by atoms with Crippen LogP contribution in [0.1, 0.15) is 0 Å². The van der Waals surface area contributed by atoms with Crippen LogP contribution >= 0.6 is 27.5 Å². The van der Waals surface area contributed by atoms with Crippen LogP contribution in [-0.2, 0) is 0 Å². The molecule has 0 aliphatic carbocycles. The molecule has 0 saturated heterocycles. The number of nitro benzene ring substituents is 1. The number of nitro groups is 1. The lowest BCUT2D eigenvalue weighted by atomic mass is 10.1. The van der Waals surface area contributed by atoms with E-state index in [1.165, 1.54) is 12.1 Å². The summed E-state index contributed by atoms with van der Waals surface area (Å²) >= 11 is 9.18. The van der Waals surface area contributed by atoms with Gasteiger partial charge in [0.15, 0.2) is 0 Å². The van der Waals surface area contributed by atoms with Crippen LogP contribution in [0.4, 0.5) is 5.69 Å². The standard InChI is InChI=1S/C12H7BrClNO2/c13-12-6-5-10(15(16)17)7-11(12)8-1-3-9(14)4-2-8/h1-7H. The monoisotopic (exact) mass is 311 g/mol. The average molecular weight is 313 g/mol. The molecule has 0 saturated carbocycles. The highest BCUT2D eigenvalue weighted by Crippen LogP contribution is 2.32. The lowest BCUT2D eigenvalue weighted by Gasteiger charge is -2.04. The summed E-state index contributed by atoms with van der Waals surface area (Å²) in [7, 11) is 0. The molecular formula is C12H7BrClNO2. The molecule has 86 valence electrons. The quantitative estimate of drug-likeness (QED) is 0.597. The molecule has 0 unspecified atom stereocenters. The second-order valence-electron chi connectivity index (χ2n) is 3.43. The zero-order valence-corrected chi connectivity index (χ0v) is 10.9. The Bertz CT molecular complexity index is 569. The van der Waals surface area contributed by atoms with Crippen molar-refractivity contribution >= 4 is 33.2 Å². The highest BCUT2D eigenvalue weighted by atomic mass is 79.9. The number of benzene rings is 2. The van der Waals surface area contributed by atoms with Crippen LogP contribution in [0.5, 0.6) is 0 Å². The largest absolute Gasteiger partial charge is 0.270 e. The molecule has 5 heteroatoms. The predicted octanol–water partition coefficient (Wildman–Crippen LogP) is 4.68. The molecule has 0 radical (unpaired) electrons. The van der Waals surface area contributed by atoms with E-state index in [1.54, 1.807) is 18.2 Å². The Morgan fingerprint density at radius 2 is 1.76 bits per heavy atom. The van der Waals surface area contributed by atoms with Crippen molar-refractivity contribution in [1.29, 1.82) is 0 Å². The number of hydrogen-bond acceptors (Lipinski definition) is 2. The molecule has 3 nitrogen and oxygen atoms in total. The van der Waals surface area contributed by atoms with Gasteiger partial charge in [-0.25, -0.2) is 0 Å². The van der Waals surface area contributed by atoms with Gasteiger partial charge >= 0.3 is 0 Å². The van der Waals surface area contributed by atoms with E-state index in [-0.39, 0.29) is 5.69 Å². The molecule has 0 heterocycles. The van der Waals surface area contributed by atoms with Crippen LogP contribution in [-0.4, -0.2) is 4.92 Å². The molecule has 0 aliphatic rings. The molecule has 0 aliphatic heterocycles. The number of hydrogen-bond donors (Lipinski definition) is 0. The van der Waals surface area contributed by atoms with Gasteiger partial charge in [-0.3, -0.25) is 10.1 Å². The Kier molecular flexibility index (Phi) is 3.45. The van der Waals surface area contributed by atoms with Crippen LogP contribution < -0.4 is 0 Å². The molecule has 0 aromatic heterocycles. The highest BCUT2D eigenvalue weighted by molar-refractivity contribution is 9.10. The predicted molar refractivity (Wildman–Crippen MR) is 71.2 cm³/mol. The van der Waals surface area contributed by atoms with Crippen molar-refractivity contribution in [2.24, 2.45) is 0 Å². The van der Waals surface area contributed by atoms with Crippen molar-refractivity contribution in [2.45, 2.75) is 0 Å². The fourth-order valence-electron chi connectivity index (χ4n) is 1.48. The summed E-state index contributed by atoms with van der Waals surface area (Å²) in [6, 6.07) is 11.8. The topological polar surface area (TPSA) is 43.1 Å². The number of rotatable bonds is 2. The van der Waals surface area contributed by atoms with Gasteiger partial charge < -0.3 is 0 Å². The van der Waals surface area contributed by atoms with Crippen molar-refractivity contribution in [3.8, 4) is 11.1 Å². The number of halogens is 2. The third-order valence-electron chi connectivity index (χ3n) is 2.32. The fourth-order valence-corrected chi connectivity index (χ4v) is 2.08. The van der Waals surface area contributed by atoms with E-state index in [0.717, 1.165) is 15.6 Å². The van der Waals surface area contributed by atoms with Crippen LogP contribution in [0, 0.1) is 10.1 Å². The summed E-state index contributed by atoms with van der Waals surface area (Å²) in [6.45, 7) is 0. The smallest absolute Gasteiger partial charge is 0.258 e. The first kappa shape index (κ1) is 12.1. The molecule has 0 bridgehead atoms. The average Bonchev–Trinajstić information content (AvgIpc) is 2.31. The molecule has 2 rings (SSSR count). The fraction of sp³-hybridized carbons (Fsp3) is 0. The summed E-state index contributed by atoms with van der Waals surface area (Å²) in [5, 5.41) is 11.4. The zero-order valence-electron chi connectivity index (χ0n) is 8.56. The van der Waals surface area contributed by atoms with E-state index in [1.807, 2.05) is 12.1 Å². The first-order valence-electron chi connectivity index (χ1n) is 4.78. The number of nitrogens with zero attached hydrogens (tertiary/aromatic N) is 1. The second kappa shape index (κ2) is 4.85. The Labute approximate surface area is 111 Å². The molecule has 2 aromatic carbocycles. The van der Waals surface area contributed by atoms with Gasteiger partial charge in [-0.05, 0) is 23.8 Å². The Balaban J connectivity index is 2.54. The van der Waals surface area contributed by atoms with Crippen molar-refractivity contribution in [1.82, 2.24) is 0 Å². The van der Waals surface area contributed by atoms with Gasteiger partial charge in [0.25, 0.3) is 5.69 Å². The molecule has 17 heavy (non-hydrogen) atoms. The van der Waals surface area contributed by atoms with E-state index >= 15 is 0 Å². The number of non-ortho nitro benzene ring substituents is 1. The lowest BCUT2D eigenvalue weighted by Crippen LogP contribution is -1.89. The summed E-state index contributed by atoms with van der Waals surface area (Å²) in [5.74, 6) is 0. The molecule has 0 N–H and O–H groups in total. The summed E-state index contributed by atoms with van der Waals surface area (Å²) < 4.78 is 0.811. The minimum absolute atomic E-state index is 0.0677. The molecule has 0 fully saturated rings. The van der Waals surface area contributed by atoms with Crippen molar-refractivity contribution in [2.75, 3.05) is 0 Å². The normalized spacial score (nSPS) is 10.2. The van der Waals surface area contributed by atoms with Gasteiger partial charge in [0.05, 0.1) is 4.92 Å². The van der Waals surface area contributed by atoms with Gasteiger partial charge in [0.2, 0.25) is 0 Å². The van der Waals surface area contributed by atoms with Crippen LogP contribution in [0.3, 0.4) is 0 Å². The van der Waals surface area contributed by atoms with Crippen LogP contribution in [0.15, 0.2) is 46.9 Å². The summed E-state index contributed by atoms with van der Waals surface area (Å²) in [4.78, 5) is 10.3. The van der Waals surface area contributed by atoms with E-state index < -0.39 is 4.92 Å². The van der Waals surface area contributed by atoms with Crippen molar-refractivity contribution in [3.63, 3.8) is 0 Å². The molecule has 0 spiro atoms. The van der Waals surface area contributed by atoms with E-state index in [9.17, 15) is 10.1 Å². The molecule has 2 aromatic rings. The van der Waals surface area contributed by atoms with Crippen LogP contribution in [0.2, 0.25) is 5.02 Å². The Morgan fingerprint density at radius 1 is 1.12 bits per heavy atom. The van der Waals surface area contributed by atoms with Gasteiger partial charge in [0, 0.05) is 27.2 Å². The molecular weight excluding hydrogens is 305 g/mol. The van der Waals surface area contributed by atoms with Gasteiger partial charge in [-0.15, -0.1) is 0 Å². The van der Waals surface area contributed by atoms with Gasteiger partial charge in [-0.1, -0.05) is 39.7 Å². The maximum Gasteiger partial charge on any atom is 0.270 e. The van der Waals surface area contributed by atoms with Crippen molar-refractivity contribution in [3.05, 3.63) is 62.1 Å². The first-order valence-corrected chi connectivity index (χ1v) is 5.95. The zero-order chi connectivity index (χ0) is 12.4. The summed E-state index contributed by atoms with van der Waals surface area (Å²) in [6.07, 6.45) is 0. The van der Waals surface area contributed by atoms with E-state index in [4.69, 9.17) is 11.6 Å². The third-order valence-corrected chi connectivity index (χ3v) is 3.26. The van der Waals surface area contributed by atoms with Gasteiger partial charge in [-0.2, -0.15) is 0 Å². The molecule has 0 amide bonds. The summed E-state index contributed by atoms with van der Waals surface area (Å²) in [5.41, 5.74) is 1.72. The van der Waals surface area contributed by atoms with Gasteiger partial charge in [0.1, 0.15) is 0 Å². The Morgan fingerprint density at radius 3 is 2.35 bits per heavy atom. The lowest BCUT2D eigenvalue weighted by molar-refractivity contribution is -0.384. The first-order chi connectivity index (χ1) is 8.08. The maximum absolute atomic E-state index is 10.7. The highest BCUT2D eigenvalue weighted by Gasteiger charge is 2.10. The van der Waals surface area contributed by atoms with Crippen LogP contribution in [0.25, 0.3) is 11.1 Å². The van der Waals surface area contributed by atoms with E-state index in [2.05, 4.69) is 15.9 Å². The second-order valence-corrected chi connectivity index (χ2v) is 4.72. The Hall–Kier alpha value is -1.39. The third kappa shape index (κ3) is 2.65. The molecule has 0 atom stereocenters. The minimum atomic E-state index is -0.411. The minimum Gasteiger partial charge on any atom is -0.258 e. The SMILES string of the molecule is O=[N+]([O-])c1ccc(Br)c(-c2ccc(Cl)cc2)c1. The van der Waals surface area contributed by atoms with E-state index in [0.29, 0.717) is 5.02 Å².